The molecule has 1 aliphatic heterocycles. The number of halogens is 3. The average molecular weight is 504 g/mol. The lowest BCUT2D eigenvalue weighted by atomic mass is 10.0. The van der Waals surface area contributed by atoms with Crippen molar-refractivity contribution in [1.29, 1.82) is 0 Å². The molecule has 0 saturated heterocycles. The van der Waals surface area contributed by atoms with E-state index in [-0.39, 0.29) is 27.7 Å². The van der Waals surface area contributed by atoms with Crippen LogP contribution in [0.25, 0.3) is 11.6 Å². The molecule has 35 heavy (non-hydrogen) atoms. The Bertz CT molecular complexity index is 1430. The lowest BCUT2D eigenvalue weighted by Gasteiger charge is -2.11. The maximum absolute atomic E-state index is 12.9. The normalized spacial score (nSPS) is 14.5. The number of hydrogen-bond acceptors (Lipinski definition) is 5. The van der Waals surface area contributed by atoms with Gasteiger partial charge in [-0.15, -0.1) is 0 Å². The van der Waals surface area contributed by atoms with E-state index in [1.165, 1.54) is 30.3 Å². The Morgan fingerprint density at radius 1 is 1.06 bits per heavy atom. The number of fused-ring (bicyclic) bond motifs is 1. The molecule has 1 aliphatic rings. The molecule has 4 rings (SSSR count). The Kier molecular flexibility index (Phi) is 6.20. The number of sulfonamides is 1. The summed E-state index contributed by atoms with van der Waals surface area (Å²) in [6.45, 7) is 2.08. The number of amides is 1. The number of rotatable bonds is 6. The SMILES string of the molecule is CCOc1cc(C=C2C(=O)Nc3ccc(S(=O)(=O)Nc4ccc(C(F)(F)F)cc4)cc32)ccc1O. The van der Waals surface area contributed by atoms with Crippen LogP contribution >= 0.6 is 0 Å². The summed E-state index contributed by atoms with van der Waals surface area (Å²) in [7, 11) is -4.17. The van der Waals surface area contributed by atoms with Crippen molar-refractivity contribution >= 4 is 39.0 Å². The molecule has 0 aromatic heterocycles. The molecule has 0 spiro atoms. The highest BCUT2D eigenvalue weighted by Crippen LogP contribution is 2.37. The minimum absolute atomic E-state index is 0.0454. The molecule has 3 aromatic carbocycles. The van der Waals surface area contributed by atoms with Gasteiger partial charge in [-0.05, 0) is 73.2 Å². The van der Waals surface area contributed by atoms with Crippen LogP contribution in [0.15, 0.2) is 65.6 Å². The molecule has 0 atom stereocenters. The molecule has 182 valence electrons. The van der Waals surface area contributed by atoms with Gasteiger partial charge < -0.3 is 15.2 Å². The Morgan fingerprint density at radius 3 is 2.43 bits per heavy atom. The minimum atomic E-state index is -4.54. The summed E-state index contributed by atoms with van der Waals surface area (Å²) in [5.41, 5.74) is 0.519. The maximum atomic E-state index is 12.9. The van der Waals surface area contributed by atoms with Crippen LogP contribution in [0.1, 0.15) is 23.6 Å². The maximum Gasteiger partial charge on any atom is 0.416 e. The van der Waals surface area contributed by atoms with E-state index in [0.717, 1.165) is 24.3 Å². The second-order valence-corrected chi connectivity index (χ2v) is 9.24. The van der Waals surface area contributed by atoms with Crippen LogP contribution < -0.4 is 14.8 Å². The number of anilines is 2. The van der Waals surface area contributed by atoms with Gasteiger partial charge in [-0.2, -0.15) is 13.2 Å². The molecular formula is C24H19F3N2O5S. The Labute approximate surface area is 198 Å². The fourth-order valence-electron chi connectivity index (χ4n) is 3.48. The molecule has 0 aliphatic carbocycles. The van der Waals surface area contributed by atoms with E-state index in [1.54, 1.807) is 19.1 Å². The third kappa shape index (κ3) is 5.09. The zero-order valence-corrected chi connectivity index (χ0v) is 19.0. The van der Waals surface area contributed by atoms with E-state index in [1.807, 2.05) is 0 Å². The van der Waals surface area contributed by atoms with Gasteiger partial charge in [-0.1, -0.05) is 6.07 Å². The molecular weight excluding hydrogens is 485 g/mol. The molecule has 1 amide bonds. The van der Waals surface area contributed by atoms with Crippen LogP contribution in [0.2, 0.25) is 0 Å². The summed E-state index contributed by atoms with van der Waals surface area (Å²) in [5.74, 6) is -0.276. The van der Waals surface area contributed by atoms with Crippen molar-refractivity contribution in [2.75, 3.05) is 16.6 Å². The van der Waals surface area contributed by atoms with Gasteiger partial charge in [-0.25, -0.2) is 8.42 Å². The van der Waals surface area contributed by atoms with Crippen molar-refractivity contribution in [3.8, 4) is 11.5 Å². The van der Waals surface area contributed by atoms with Crippen LogP contribution in [0.4, 0.5) is 24.5 Å². The molecule has 0 bridgehead atoms. The monoisotopic (exact) mass is 504 g/mol. The number of aromatic hydroxyl groups is 1. The quantitative estimate of drug-likeness (QED) is 0.405. The number of ether oxygens (including phenoxy) is 1. The van der Waals surface area contributed by atoms with Gasteiger partial charge in [0, 0.05) is 22.5 Å². The number of alkyl halides is 3. The second-order valence-electron chi connectivity index (χ2n) is 7.56. The third-order valence-corrected chi connectivity index (χ3v) is 6.52. The number of nitrogens with one attached hydrogen (secondary N) is 2. The van der Waals surface area contributed by atoms with Crippen LogP contribution in [-0.4, -0.2) is 26.0 Å². The lowest BCUT2D eigenvalue weighted by Crippen LogP contribution is -2.13. The minimum Gasteiger partial charge on any atom is -0.504 e. The first-order valence-corrected chi connectivity index (χ1v) is 11.8. The molecule has 11 heteroatoms. The summed E-state index contributed by atoms with van der Waals surface area (Å²) >= 11 is 0. The lowest BCUT2D eigenvalue weighted by molar-refractivity contribution is -0.137. The third-order valence-electron chi connectivity index (χ3n) is 5.14. The van der Waals surface area contributed by atoms with Gasteiger partial charge in [0.1, 0.15) is 0 Å². The summed E-state index contributed by atoms with van der Waals surface area (Å²) in [6.07, 6.45) is -3.01. The van der Waals surface area contributed by atoms with E-state index in [0.29, 0.717) is 23.4 Å². The van der Waals surface area contributed by atoms with E-state index >= 15 is 0 Å². The second kappa shape index (κ2) is 8.99. The van der Waals surface area contributed by atoms with Gasteiger partial charge >= 0.3 is 6.18 Å². The summed E-state index contributed by atoms with van der Waals surface area (Å²) in [5, 5.41) is 12.5. The van der Waals surface area contributed by atoms with Gasteiger partial charge in [0.2, 0.25) is 0 Å². The first kappa shape index (κ1) is 24.1. The molecule has 0 unspecified atom stereocenters. The van der Waals surface area contributed by atoms with Crippen molar-refractivity contribution < 1.29 is 36.2 Å². The number of carbonyl (C=O) groups is 1. The van der Waals surface area contributed by atoms with Crippen LogP contribution in [-0.2, 0) is 21.0 Å². The molecule has 0 fully saturated rings. The van der Waals surface area contributed by atoms with Crippen LogP contribution in [0, 0.1) is 0 Å². The molecule has 3 N–H and O–H groups in total. The largest absolute Gasteiger partial charge is 0.504 e. The zero-order chi connectivity index (χ0) is 25.4. The molecule has 3 aromatic rings. The number of phenolic OH excluding ortho intramolecular Hbond substituents is 1. The molecule has 0 saturated carbocycles. The van der Waals surface area contributed by atoms with E-state index in [4.69, 9.17) is 4.74 Å². The van der Waals surface area contributed by atoms with Gasteiger partial charge in [0.05, 0.1) is 17.1 Å². The smallest absolute Gasteiger partial charge is 0.416 e. The number of carbonyl (C=O) groups excluding carboxylic acids is 1. The van der Waals surface area contributed by atoms with Crippen LogP contribution in [0.3, 0.4) is 0 Å². The average Bonchev–Trinajstić information content (AvgIpc) is 3.10. The fraction of sp³-hybridized carbons (Fsp3) is 0.125. The Morgan fingerprint density at radius 2 is 1.77 bits per heavy atom. The first-order chi connectivity index (χ1) is 16.5. The molecule has 0 radical (unpaired) electrons. The van der Waals surface area contributed by atoms with Gasteiger partial charge in [0.25, 0.3) is 15.9 Å². The fourth-order valence-corrected chi connectivity index (χ4v) is 4.56. The number of phenols is 1. The van der Waals surface area contributed by atoms with Crippen molar-refractivity contribution in [3.63, 3.8) is 0 Å². The standard InChI is InChI=1S/C24H19F3N2O5S/c1-2-34-22-12-14(3-10-21(22)30)11-19-18-13-17(8-9-20(18)28-23(19)31)35(32,33)29-16-6-4-15(5-7-16)24(25,26)27/h3-13,29-30H,2H2,1H3,(H,28,31). The van der Waals surface area contributed by atoms with Crippen molar-refractivity contribution in [2.45, 2.75) is 18.0 Å². The van der Waals surface area contributed by atoms with Crippen LogP contribution in [0.5, 0.6) is 11.5 Å². The highest BCUT2D eigenvalue weighted by molar-refractivity contribution is 7.92. The summed E-state index contributed by atoms with van der Waals surface area (Å²) < 4.78 is 71.6. The Hall–Kier alpha value is -3.99. The van der Waals surface area contributed by atoms with E-state index in [9.17, 15) is 31.5 Å². The highest BCUT2D eigenvalue weighted by Gasteiger charge is 2.30. The Balaban J connectivity index is 1.66. The van der Waals surface area contributed by atoms with E-state index < -0.39 is 27.7 Å². The predicted octanol–water partition coefficient (Wildman–Crippen LogP) is 5.10. The predicted molar refractivity (Wildman–Crippen MR) is 124 cm³/mol. The number of benzene rings is 3. The first-order valence-electron chi connectivity index (χ1n) is 10.3. The topological polar surface area (TPSA) is 105 Å². The summed E-state index contributed by atoms with van der Waals surface area (Å²) in [4.78, 5) is 12.4. The van der Waals surface area contributed by atoms with E-state index in [2.05, 4.69) is 10.0 Å². The van der Waals surface area contributed by atoms with Gasteiger partial charge in [-0.3, -0.25) is 9.52 Å². The molecule has 7 nitrogen and oxygen atoms in total. The zero-order valence-electron chi connectivity index (χ0n) is 18.2. The van der Waals surface area contributed by atoms with Crippen molar-refractivity contribution in [3.05, 3.63) is 77.4 Å². The van der Waals surface area contributed by atoms with Crippen molar-refractivity contribution in [1.82, 2.24) is 0 Å². The van der Waals surface area contributed by atoms with Gasteiger partial charge in [0.15, 0.2) is 11.5 Å². The van der Waals surface area contributed by atoms with Crippen molar-refractivity contribution in [2.24, 2.45) is 0 Å². The number of hydrogen-bond donors (Lipinski definition) is 3. The molecule has 1 heterocycles. The highest BCUT2D eigenvalue weighted by atomic mass is 32.2. The summed E-state index contributed by atoms with van der Waals surface area (Å²) in [6, 6.07) is 12.1.